The molecule has 19 heavy (non-hydrogen) atoms. The lowest BCUT2D eigenvalue weighted by Crippen LogP contribution is -2.42. The highest BCUT2D eigenvalue weighted by atomic mass is 35.5. The van der Waals surface area contributed by atoms with Crippen molar-refractivity contribution in [3.8, 4) is 0 Å². The van der Waals surface area contributed by atoms with Gasteiger partial charge in [0.1, 0.15) is 0 Å². The van der Waals surface area contributed by atoms with Crippen LogP contribution >= 0.6 is 22.9 Å². The summed E-state index contributed by atoms with van der Waals surface area (Å²) >= 11 is 7.42. The van der Waals surface area contributed by atoms with E-state index in [-0.39, 0.29) is 11.8 Å². The fourth-order valence-electron chi connectivity index (χ4n) is 2.46. The maximum atomic E-state index is 11.7. The lowest BCUT2D eigenvalue weighted by atomic mass is 9.97. The Morgan fingerprint density at radius 2 is 2.53 bits per heavy atom. The van der Waals surface area contributed by atoms with Gasteiger partial charge in [0.15, 0.2) is 0 Å². The van der Waals surface area contributed by atoms with Gasteiger partial charge < -0.3 is 10.2 Å². The van der Waals surface area contributed by atoms with Gasteiger partial charge in [-0.2, -0.15) is 0 Å². The number of carbonyl (C=O) groups excluding carboxylic acids is 1. The third-order valence-electron chi connectivity index (χ3n) is 3.50. The van der Waals surface area contributed by atoms with Crippen molar-refractivity contribution < 1.29 is 4.79 Å². The number of thiazole rings is 1. The normalized spacial score (nSPS) is 20.4. The second kappa shape index (κ2) is 7.22. The first-order chi connectivity index (χ1) is 9.22. The zero-order valence-electron chi connectivity index (χ0n) is 11.2. The summed E-state index contributed by atoms with van der Waals surface area (Å²) in [5.74, 6) is 0.802. The molecule has 1 aliphatic heterocycles. The second-order valence-corrected chi connectivity index (χ2v) is 6.08. The Labute approximate surface area is 123 Å². The fraction of sp³-hybridized carbons (Fsp3) is 0.692. The van der Waals surface area contributed by atoms with Crippen molar-refractivity contribution >= 4 is 28.8 Å². The van der Waals surface area contributed by atoms with E-state index in [4.69, 9.17) is 11.6 Å². The molecule has 1 unspecified atom stereocenters. The van der Waals surface area contributed by atoms with E-state index in [2.05, 4.69) is 15.2 Å². The van der Waals surface area contributed by atoms with Gasteiger partial charge in [-0.15, -0.1) is 22.9 Å². The predicted molar refractivity (Wildman–Crippen MR) is 78.6 cm³/mol. The Morgan fingerprint density at radius 1 is 1.68 bits per heavy atom. The number of halogens is 1. The van der Waals surface area contributed by atoms with E-state index in [0.29, 0.717) is 5.88 Å². The molecule has 1 atom stereocenters. The van der Waals surface area contributed by atoms with Crippen molar-refractivity contribution in [1.82, 2.24) is 15.2 Å². The molecule has 0 radical (unpaired) electrons. The number of amides is 1. The number of alkyl halides is 1. The van der Waals surface area contributed by atoms with Crippen LogP contribution in [0.5, 0.6) is 0 Å². The van der Waals surface area contributed by atoms with Crippen LogP contribution in [0.25, 0.3) is 0 Å². The number of aromatic nitrogens is 1. The third kappa shape index (κ3) is 4.16. The molecule has 2 rings (SSSR count). The summed E-state index contributed by atoms with van der Waals surface area (Å²) in [6.07, 6.45) is 3.05. The minimum absolute atomic E-state index is 0.147. The zero-order valence-corrected chi connectivity index (χ0v) is 12.8. The number of rotatable bonds is 5. The van der Waals surface area contributed by atoms with Gasteiger partial charge in [0.2, 0.25) is 5.91 Å². The van der Waals surface area contributed by atoms with Crippen LogP contribution in [0.3, 0.4) is 0 Å². The zero-order chi connectivity index (χ0) is 13.7. The van der Waals surface area contributed by atoms with Crippen molar-refractivity contribution in [3.05, 3.63) is 16.1 Å². The minimum Gasteiger partial charge on any atom is -0.359 e. The monoisotopic (exact) mass is 301 g/mol. The van der Waals surface area contributed by atoms with Gasteiger partial charge in [-0.3, -0.25) is 4.79 Å². The molecule has 1 amide bonds. The van der Waals surface area contributed by atoms with Crippen molar-refractivity contribution in [2.24, 2.45) is 5.92 Å². The van der Waals surface area contributed by atoms with Crippen LogP contribution in [0.4, 0.5) is 0 Å². The SMILES string of the molecule is CNC(=O)C1CCCN(CCc2nc(CCl)cs2)C1. The molecule has 0 spiro atoms. The highest BCUT2D eigenvalue weighted by Gasteiger charge is 2.24. The van der Waals surface area contributed by atoms with E-state index in [9.17, 15) is 4.79 Å². The molecule has 0 saturated carbocycles. The first-order valence-corrected chi connectivity index (χ1v) is 8.07. The molecule has 0 aromatic carbocycles. The highest BCUT2D eigenvalue weighted by molar-refractivity contribution is 7.09. The van der Waals surface area contributed by atoms with Crippen LogP contribution in [-0.4, -0.2) is 42.5 Å². The summed E-state index contributed by atoms with van der Waals surface area (Å²) < 4.78 is 0. The van der Waals surface area contributed by atoms with E-state index < -0.39 is 0 Å². The number of nitrogens with one attached hydrogen (secondary N) is 1. The van der Waals surface area contributed by atoms with Gasteiger partial charge in [-0.25, -0.2) is 4.98 Å². The molecule has 0 aliphatic carbocycles. The maximum Gasteiger partial charge on any atom is 0.224 e. The summed E-state index contributed by atoms with van der Waals surface area (Å²) in [5.41, 5.74) is 0.962. The van der Waals surface area contributed by atoms with Crippen LogP contribution in [0.15, 0.2) is 5.38 Å². The first kappa shape index (κ1) is 14.8. The topological polar surface area (TPSA) is 45.2 Å². The highest BCUT2D eigenvalue weighted by Crippen LogP contribution is 2.18. The van der Waals surface area contributed by atoms with Gasteiger partial charge in [0, 0.05) is 31.9 Å². The number of likely N-dealkylation sites (tertiary alicyclic amines) is 1. The van der Waals surface area contributed by atoms with E-state index in [1.54, 1.807) is 18.4 Å². The standard InChI is InChI=1S/C13H20ClN3OS/c1-15-13(18)10-3-2-5-17(8-10)6-4-12-16-11(7-14)9-19-12/h9-10H,2-8H2,1H3,(H,15,18). The molecule has 2 heterocycles. The Hall–Kier alpha value is -0.650. The van der Waals surface area contributed by atoms with Crippen LogP contribution in [0.2, 0.25) is 0 Å². The van der Waals surface area contributed by atoms with Crippen molar-refractivity contribution in [3.63, 3.8) is 0 Å². The van der Waals surface area contributed by atoms with E-state index >= 15 is 0 Å². The predicted octanol–water partition coefficient (Wildman–Crippen LogP) is 1.88. The molecular formula is C13H20ClN3OS. The summed E-state index contributed by atoms with van der Waals surface area (Å²) in [4.78, 5) is 18.5. The average molecular weight is 302 g/mol. The molecule has 1 aliphatic rings. The molecule has 1 N–H and O–H groups in total. The van der Waals surface area contributed by atoms with Crippen molar-refractivity contribution in [2.45, 2.75) is 25.1 Å². The largest absolute Gasteiger partial charge is 0.359 e. The molecular weight excluding hydrogens is 282 g/mol. The molecule has 106 valence electrons. The number of nitrogens with zero attached hydrogens (tertiary/aromatic N) is 2. The molecule has 0 bridgehead atoms. The van der Waals surface area contributed by atoms with Gasteiger partial charge in [-0.05, 0) is 19.4 Å². The average Bonchev–Trinajstić information content (AvgIpc) is 2.92. The van der Waals surface area contributed by atoms with Gasteiger partial charge >= 0.3 is 0 Å². The molecule has 4 nitrogen and oxygen atoms in total. The maximum absolute atomic E-state index is 11.7. The van der Waals surface area contributed by atoms with Gasteiger partial charge in [-0.1, -0.05) is 0 Å². The molecule has 1 fully saturated rings. The Bertz CT molecular complexity index is 424. The second-order valence-electron chi connectivity index (χ2n) is 4.87. The molecule has 1 aromatic rings. The quantitative estimate of drug-likeness (QED) is 0.845. The number of hydrogen-bond acceptors (Lipinski definition) is 4. The van der Waals surface area contributed by atoms with Gasteiger partial charge in [0.25, 0.3) is 0 Å². The minimum atomic E-state index is 0.147. The lowest BCUT2D eigenvalue weighted by molar-refractivity contribution is -0.126. The Kier molecular flexibility index (Phi) is 5.60. The summed E-state index contributed by atoms with van der Waals surface area (Å²) in [6, 6.07) is 0. The fourth-order valence-corrected chi connectivity index (χ4v) is 3.47. The number of hydrogen-bond donors (Lipinski definition) is 1. The Morgan fingerprint density at radius 3 is 3.21 bits per heavy atom. The van der Waals surface area contributed by atoms with E-state index in [1.807, 2.05) is 5.38 Å². The third-order valence-corrected chi connectivity index (χ3v) is 4.73. The van der Waals surface area contributed by atoms with Crippen LogP contribution in [-0.2, 0) is 17.1 Å². The lowest BCUT2D eigenvalue weighted by Gasteiger charge is -2.31. The molecule has 6 heteroatoms. The van der Waals surface area contributed by atoms with Crippen LogP contribution in [0, 0.1) is 5.92 Å². The molecule has 1 aromatic heterocycles. The molecule has 1 saturated heterocycles. The van der Waals surface area contributed by atoms with Crippen molar-refractivity contribution in [2.75, 3.05) is 26.7 Å². The van der Waals surface area contributed by atoms with Crippen LogP contribution in [0.1, 0.15) is 23.5 Å². The van der Waals surface area contributed by atoms with E-state index in [1.165, 1.54) is 0 Å². The summed E-state index contributed by atoms with van der Waals surface area (Å²) in [6.45, 7) is 2.93. The summed E-state index contributed by atoms with van der Waals surface area (Å²) in [7, 11) is 1.71. The first-order valence-electron chi connectivity index (χ1n) is 6.66. The Balaban J connectivity index is 1.80. The number of carbonyl (C=O) groups is 1. The summed E-state index contributed by atoms with van der Waals surface area (Å²) in [5, 5.41) is 5.91. The smallest absolute Gasteiger partial charge is 0.224 e. The van der Waals surface area contributed by atoms with Gasteiger partial charge in [0.05, 0.1) is 22.5 Å². The van der Waals surface area contributed by atoms with Crippen molar-refractivity contribution in [1.29, 1.82) is 0 Å². The van der Waals surface area contributed by atoms with E-state index in [0.717, 1.165) is 49.6 Å². The number of piperidine rings is 1. The van der Waals surface area contributed by atoms with Crippen LogP contribution < -0.4 is 5.32 Å².